The van der Waals surface area contributed by atoms with Crippen LogP contribution in [0.15, 0.2) is 53.0 Å². The van der Waals surface area contributed by atoms with Crippen molar-refractivity contribution >= 4 is 39.4 Å². The largest absolute Gasteiger partial charge is 0.467 e. The number of carbonyl (C=O) groups is 2. The van der Waals surface area contributed by atoms with Gasteiger partial charge in [0.2, 0.25) is 0 Å². The van der Waals surface area contributed by atoms with E-state index in [4.69, 9.17) is 16.3 Å². The van der Waals surface area contributed by atoms with Crippen molar-refractivity contribution in [2.45, 2.75) is 12.5 Å². The van der Waals surface area contributed by atoms with Crippen LogP contribution in [0, 0.1) is 0 Å². The summed E-state index contributed by atoms with van der Waals surface area (Å²) in [5, 5.41) is 3.14. The van der Waals surface area contributed by atoms with Crippen molar-refractivity contribution < 1.29 is 14.3 Å². The number of rotatable bonds is 5. The van der Waals surface area contributed by atoms with Gasteiger partial charge in [0.15, 0.2) is 0 Å². The predicted molar refractivity (Wildman–Crippen MR) is 92.6 cm³/mol. The number of esters is 1. The monoisotopic (exact) mass is 395 g/mol. The van der Waals surface area contributed by atoms with E-state index in [1.54, 1.807) is 12.1 Å². The number of carbonyl (C=O) groups excluding carboxylic acids is 2. The molecule has 4 nitrogen and oxygen atoms in total. The van der Waals surface area contributed by atoms with Gasteiger partial charge in [0.1, 0.15) is 6.04 Å². The lowest BCUT2D eigenvalue weighted by atomic mass is 10.1. The van der Waals surface area contributed by atoms with Crippen LogP contribution in [0.3, 0.4) is 0 Å². The number of hydrogen-bond acceptors (Lipinski definition) is 3. The Hall–Kier alpha value is -1.85. The molecule has 0 aliphatic rings. The molecule has 2 aromatic rings. The fourth-order valence-corrected chi connectivity index (χ4v) is 2.69. The molecule has 2 aromatic carbocycles. The molecule has 1 N–H and O–H groups in total. The van der Waals surface area contributed by atoms with Crippen LogP contribution in [0.1, 0.15) is 15.9 Å². The maximum Gasteiger partial charge on any atom is 0.328 e. The Labute approximate surface area is 147 Å². The number of amides is 1. The highest BCUT2D eigenvalue weighted by Gasteiger charge is 2.23. The first-order valence-corrected chi connectivity index (χ1v) is 8.06. The van der Waals surface area contributed by atoms with Crippen LogP contribution in [-0.2, 0) is 16.0 Å². The zero-order valence-electron chi connectivity index (χ0n) is 12.4. The highest BCUT2D eigenvalue weighted by molar-refractivity contribution is 9.10. The molecule has 1 amide bonds. The van der Waals surface area contributed by atoms with Crippen LogP contribution in [-0.4, -0.2) is 25.0 Å². The van der Waals surface area contributed by atoms with E-state index in [9.17, 15) is 9.59 Å². The zero-order valence-corrected chi connectivity index (χ0v) is 14.7. The summed E-state index contributed by atoms with van der Waals surface area (Å²) in [6.45, 7) is 0. The Morgan fingerprint density at radius 2 is 1.91 bits per heavy atom. The molecule has 0 aliphatic carbocycles. The summed E-state index contributed by atoms with van der Waals surface area (Å²) in [6, 6.07) is 13.5. The van der Waals surface area contributed by atoms with Gasteiger partial charge in [-0.25, -0.2) is 4.79 Å². The lowest BCUT2D eigenvalue weighted by molar-refractivity contribution is -0.142. The lowest BCUT2D eigenvalue weighted by Crippen LogP contribution is -2.43. The third kappa shape index (κ3) is 4.81. The second-order valence-corrected chi connectivity index (χ2v) is 6.15. The average molecular weight is 397 g/mol. The molecule has 23 heavy (non-hydrogen) atoms. The molecule has 0 spiro atoms. The normalized spacial score (nSPS) is 11.6. The first-order valence-electron chi connectivity index (χ1n) is 6.89. The molecule has 0 radical (unpaired) electrons. The second-order valence-electron chi connectivity index (χ2n) is 4.86. The standard InChI is InChI=1S/C17H15BrClNO3/c1-23-17(22)15(9-11-5-3-2-4-6-11)20-16(21)13-10-12(19)7-8-14(13)18/h2-8,10,15H,9H2,1H3,(H,20,21). The molecule has 0 saturated carbocycles. The average Bonchev–Trinajstić information content (AvgIpc) is 2.56. The van der Waals surface area contributed by atoms with Gasteiger partial charge in [0.05, 0.1) is 12.7 Å². The van der Waals surface area contributed by atoms with Crippen molar-refractivity contribution in [1.82, 2.24) is 5.32 Å². The quantitative estimate of drug-likeness (QED) is 0.786. The Morgan fingerprint density at radius 1 is 1.22 bits per heavy atom. The highest BCUT2D eigenvalue weighted by Crippen LogP contribution is 2.21. The number of ether oxygens (including phenoxy) is 1. The third-order valence-electron chi connectivity index (χ3n) is 3.25. The molecule has 1 atom stereocenters. The summed E-state index contributed by atoms with van der Waals surface area (Å²) in [5.74, 6) is -0.897. The van der Waals surface area contributed by atoms with Gasteiger partial charge in [-0.2, -0.15) is 0 Å². The van der Waals surface area contributed by atoms with Crippen LogP contribution in [0.25, 0.3) is 0 Å². The van der Waals surface area contributed by atoms with Crippen molar-refractivity contribution in [3.63, 3.8) is 0 Å². The molecule has 0 bridgehead atoms. The molecule has 0 aromatic heterocycles. The summed E-state index contributed by atoms with van der Waals surface area (Å²) in [4.78, 5) is 24.4. The molecule has 0 heterocycles. The number of halogens is 2. The van der Waals surface area contributed by atoms with Crippen molar-refractivity contribution in [3.05, 3.63) is 69.2 Å². The maximum atomic E-state index is 12.4. The summed E-state index contributed by atoms with van der Waals surface area (Å²) in [6.07, 6.45) is 0.345. The van der Waals surface area contributed by atoms with Crippen LogP contribution in [0.5, 0.6) is 0 Å². The van der Waals surface area contributed by atoms with Gasteiger partial charge in [-0.05, 0) is 39.7 Å². The van der Waals surface area contributed by atoms with Gasteiger partial charge in [-0.3, -0.25) is 4.79 Å². The van der Waals surface area contributed by atoms with Gasteiger partial charge >= 0.3 is 5.97 Å². The molecule has 0 saturated heterocycles. The van der Waals surface area contributed by atoms with Crippen LogP contribution >= 0.6 is 27.5 Å². The van der Waals surface area contributed by atoms with Gasteiger partial charge in [-0.15, -0.1) is 0 Å². The van der Waals surface area contributed by atoms with Crippen molar-refractivity contribution in [1.29, 1.82) is 0 Å². The number of hydrogen-bond donors (Lipinski definition) is 1. The fraction of sp³-hybridized carbons (Fsp3) is 0.176. The molecular formula is C17H15BrClNO3. The van der Waals surface area contributed by atoms with Crippen molar-refractivity contribution in [2.24, 2.45) is 0 Å². The summed E-state index contributed by atoms with van der Waals surface area (Å²) in [5.41, 5.74) is 1.29. The van der Waals surface area contributed by atoms with E-state index in [1.165, 1.54) is 13.2 Å². The minimum absolute atomic E-state index is 0.345. The molecule has 6 heteroatoms. The van der Waals surface area contributed by atoms with E-state index >= 15 is 0 Å². The first kappa shape index (κ1) is 17.5. The van der Waals surface area contributed by atoms with Gasteiger partial charge in [0.25, 0.3) is 5.91 Å². The molecule has 0 aliphatic heterocycles. The van der Waals surface area contributed by atoms with Crippen LogP contribution in [0.4, 0.5) is 0 Å². The van der Waals surface area contributed by atoms with Gasteiger partial charge < -0.3 is 10.1 Å². The van der Waals surface area contributed by atoms with Gasteiger partial charge in [0, 0.05) is 15.9 Å². The molecule has 0 fully saturated rings. The summed E-state index contributed by atoms with van der Waals surface area (Å²) < 4.78 is 5.38. The van der Waals surface area contributed by atoms with E-state index in [2.05, 4.69) is 21.2 Å². The minimum Gasteiger partial charge on any atom is -0.467 e. The Bertz CT molecular complexity index is 706. The molecule has 120 valence electrons. The highest BCUT2D eigenvalue weighted by atomic mass is 79.9. The topological polar surface area (TPSA) is 55.4 Å². The van der Waals surface area contributed by atoms with E-state index in [-0.39, 0.29) is 0 Å². The van der Waals surface area contributed by atoms with E-state index < -0.39 is 17.9 Å². The Morgan fingerprint density at radius 3 is 2.57 bits per heavy atom. The van der Waals surface area contributed by atoms with Gasteiger partial charge in [-0.1, -0.05) is 41.9 Å². The minimum atomic E-state index is -0.777. The summed E-state index contributed by atoms with van der Waals surface area (Å²) in [7, 11) is 1.29. The van der Waals surface area contributed by atoms with Crippen molar-refractivity contribution in [3.8, 4) is 0 Å². The smallest absolute Gasteiger partial charge is 0.328 e. The molecule has 1 unspecified atom stereocenters. The Kier molecular flexibility index (Phi) is 6.19. The third-order valence-corrected chi connectivity index (χ3v) is 4.17. The number of methoxy groups -OCH3 is 1. The molecule has 2 rings (SSSR count). The van der Waals surface area contributed by atoms with Crippen molar-refractivity contribution in [2.75, 3.05) is 7.11 Å². The zero-order chi connectivity index (χ0) is 16.8. The maximum absolute atomic E-state index is 12.4. The van der Waals surface area contributed by atoms with E-state index in [1.807, 2.05) is 30.3 Å². The number of nitrogens with one attached hydrogen (secondary N) is 1. The fourth-order valence-electron chi connectivity index (χ4n) is 2.09. The molecular weight excluding hydrogens is 382 g/mol. The van der Waals surface area contributed by atoms with E-state index in [0.29, 0.717) is 21.5 Å². The lowest BCUT2D eigenvalue weighted by Gasteiger charge is -2.17. The second kappa shape index (κ2) is 8.13. The van der Waals surface area contributed by atoms with Crippen LogP contribution in [0.2, 0.25) is 5.02 Å². The van der Waals surface area contributed by atoms with Crippen LogP contribution < -0.4 is 5.32 Å². The first-order chi connectivity index (χ1) is 11.0. The number of benzene rings is 2. The Balaban J connectivity index is 2.18. The predicted octanol–water partition coefficient (Wildman–Crippen LogP) is 3.62. The SMILES string of the molecule is COC(=O)C(Cc1ccccc1)NC(=O)c1cc(Cl)ccc1Br. The summed E-state index contributed by atoms with van der Waals surface area (Å²) >= 11 is 9.23. The van der Waals surface area contributed by atoms with E-state index in [0.717, 1.165) is 5.56 Å².